The van der Waals surface area contributed by atoms with Crippen molar-refractivity contribution >= 4 is 24.2 Å². The summed E-state index contributed by atoms with van der Waals surface area (Å²) in [5, 5.41) is 8.77. The SMILES string of the molecule is CNC(=O)c1ccc(CNC(=O)C2CCCNC2)cc1.Cl. The van der Waals surface area contributed by atoms with Gasteiger partial charge in [0.2, 0.25) is 5.91 Å². The first-order valence-corrected chi connectivity index (χ1v) is 7.00. The number of carbonyl (C=O) groups is 2. The molecule has 21 heavy (non-hydrogen) atoms. The van der Waals surface area contributed by atoms with Gasteiger partial charge in [0.25, 0.3) is 5.91 Å². The summed E-state index contributed by atoms with van der Waals surface area (Å²) in [4.78, 5) is 23.4. The number of hydrogen-bond acceptors (Lipinski definition) is 3. The highest BCUT2D eigenvalue weighted by molar-refractivity contribution is 5.93. The van der Waals surface area contributed by atoms with Crippen molar-refractivity contribution in [2.24, 2.45) is 5.92 Å². The summed E-state index contributed by atoms with van der Waals surface area (Å²) in [6, 6.07) is 7.26. The van der Waals surface area contributed by atoms with Gasteiger partial charge in [-0.05, 0) is 37.1 Å². The highest BCUT2D eigenvalue weighted by Crippen LogP contribution is 2.10. The molecule has 1 aromatic carbocycles. The molecule has 1 unspecified atom stereocenters. The van der Waals surface area contributed by atoms with Crippen LogP contribution in [0.15, 0.2) is 24.3 Å². The number of rotatable bonds is 4. The minimum atomic E-state index is -0.103. The number of carbonyl (C=O) groups excluding carboxylic acids is 2. The molecule has 0 saturated carbocycles. The van der Waals surface area contributed by atoms with Crippen LogP contribution in [-0.4, -0.2) is 32.0 Å². The van der Waals surface area contributed by atoms with Gasteiger partial charge in [-0.1, -0.05) is 12.1 Å². The molecule has 2 amide bonds. The molecule has 6 heteroatoms. The van der Waals surface area contributed by atoms with E-state index in [1.807, 2.05) is 12.1 Å². The van der Waals surface area contributed by atoms with Crippen molar-refractivity contribution in [2.75, 3.05) is 20.1 Å². The molecule has 1 atom stereocenters. The molecule has 1 aliphatic heterocycles. The Balaban J connectivity index is 0.00000220. The van der Waals surface area contributed by atoms with E-state index in [0.29, 0.717) is 12.1 Å². The minimum absolute atomic E-state index is 0. The maximum absolute atomic E-state index is 12.0. The molecule has 1 aliphatic rings. The van der Waals surface area contributed by atoms with E-state index < -0.39 is 0 Å². The van der Waals surface area contributed by atoms with Crippen LogP contribution >= 0.6 is 12.4 Å². The van der Waals surface area contributed by atoms with Crippen LogP contribution in [0.1, 0.15) is 28.8 Å². The van der Waals surface area contributed by atoms with Crippen molar-refractivity contribution in [1.29, 1.82) is 0 Å². The first-order valence-electron chi connectivity index (χ1n) is 7.00. The van der Waals surface area contributed by atoms with E-state index in [1.54, 1.807) is 19.2 Å². The van der Waals surface area contributed by atoms with Gasteiger partial charge < -0.3 is 16.0 Å². The van der Waals surface area contributed by atoms with Crippen LogP contribution in [0.3, 0.4) is 0 Å². The van der Waals surface area contributed by atoms with Crippen LogP contribution in [0.2, 0.25) is 0 Å². The number of amides is 2. The zero-order valence-electron chi connectivity index (χ0n) is 12.1. The summed E-state index contributed by atoms with van der Waals surface area (Å²) < 4.78 is 0. The third-order valence-corrected chi connectivity index (χ3v) is 3.58. The topological polar surface area (TPSA) is 70.2 Å². The molecule has 1 heterocycles. The van der Waals surface area contributed by atoms with Gasteiger partial charge in [0.15, 0.2) is 0 Å². The lowest BCUT2D eigenvalue weighted by molar-refractivity contribution is -0.125. The maximum Gasteiger partial charge on any atom is 0.251 e. The van der Waals surface area contributed by atoms with Crippen LogP contribution < -0.4 is 16.0 Å². The quantitative estimate of drug-likeness (QED) is 0.779. The molecule has 2 rings (SSSR count). The van der Waals surface area contributed by atoms with Crippen molar-refractivity contribution in [1.82, 2.24) is 16.0 Å². The number of benzene rings is 1. The third-order valence-electron chi connectivity index (χ3n) is 3.58. The van der Waals surface area contributed by atoms with E-state index in [2.05, 4.69) is 16.0 Å². The average molecular weight is 312 g/mol. The minimum Gasteiger partial charge on any atom is -0.355 e. The Hall–Kier alpha value is -1.59. The molecule has 1 fully saturated rings. The lowest BCUT2D eigenvalue weighted by Gasteiger charge is -2.21. The Bertz CT molecular complexity index is 470. The molecule has 116 valence electrons. The van der Waals surface area contributed by atoms with Gasteiger partial charge in [-0.15, -0.1) is 12.4 Å². The Kier molecular flexibility index (Phi) is 7.19. The smallest absolute Gasteiger partial charge is 0.251 e. The number of nitrogens with one attached hydrogen (secondary N) is 3. The second-order valence-electron chi connectivity index (χ2n) is 5.04. The second kappa shape index (κ2) is 8.64. The molecule has 5 nitrogen and oxygen atoms in total. The van der Waals surface area contributed by atoms with E-state index in [4.69, 9.17) is 0 Å². The lowest BCUT2D eigenvalue weighted by atomic mass is 9.99. The maximum atomic E-state index is 12.0. The van der Waals surface area contributed by atoms with E-state index >= 15 is 0 Å². The fourth-order valence-electron chi connectivity index (χ4n) is 2.33. The van der Waals surface area contributed by atoms with Gasteiger partial charge in [0.05, 0.1) is 5.92 Å². The zero-order valence-corrected chi connectivity index (χ0v) is 13.0. The summed E-state index contributed by atoms with van der Waals surface area (Å²) in [5.41, 5.74) is 1.62. The van der Waals surface area contributed by atoms with Crippen LogP contribution in [0.5, 0.6) is 0 Å². The van der Waals surface area contributed by atoms with E-state index in [9.17, 15) is 9.59 Å². The van der Waals surface area contributed by atoms with Gasteiger partial charge in [0, 0.05) is 25.7 Å². The van der Waals surface area contributed by atoms with Crippen molar-refractivity contribution < 1.29 is 9.59 Å². The molecule has 1 saturated heterocycles. The molecular formula is C15H22ClN3O2. The lowest BCUT2D eigenvalue weighted by Crippen LogP contribution is -2.40. The summed E-state index contributed by atoms with van der Waals surface area (Å²) >= 11 is 0. The van der Waals surface area contributed by atoms with Gasteiger partial charge in [-0.3, -0.25) is 9.59 Å². The molecule has 1 aromatic rings. The first kappa shape index (κ1) is 17.5. The average Bonchev–Trinajstić information content (AvgIpc) is 2.53. The third kappa shape index (κ3) is 5.02. The van der Waals surface area contributed by atoms with Crippen LogP contribution in [0.4, 0.5) is 0 Å². The first-order chi connectivity index (χ1) is 9.70. The molecule has 3 N–H and O–H groups in total. The van der Waals surface area contributed by atoms with Crippen LogP contribution in [-0.2, 0) is 11.3 Å². The number of piperidine rings is 1. The van der Waals surface area contributed by atoms with Crippen LogP contribution in [0.25, 0.3) is 0 Å². The predicted molar refractivity (Wildman–Crippen MR) is 84.5 cm³/mol. The molecular weight excluding hydrogens is 290 g/mol. The Morgan fingerprint density at radius 3 is 2.57 bits per heavy atom. The van der Waals surface area contributed by atoms with Crippen LogP contribution in [0, 0.1) is 5.92 Å². The van der Waals surface area contributed by atoms with E-state index in [-0.39, 0.29) is 30.1 Å². The highest BCUT2D eigenvalue weighted by Gasteiger charge is 2.20. The van der Waals surface area contributed by atoms with Crippen molar-refractivity contribution in [2.45, 2.75) is 19.4 Å². The number of halogens is 1. The van der Waals surface area contributed by atoms with E-state index in [0.717, 1.165) is 31.5 Å². The summed E-state index contributed by atoms with van der Waals surface area (Å²) in [6.07, 6.45) is 2.01. The van der Waals surface area contributed by atoms with Crippen molar-refractivity contribution in [3.63, 3.8) is 0 Å². The van der Waals surface area contributed by atoms with Gasteiger partial charge in [-0.2, -0.15) is 0 Å². The standard InChI is InChI=1S/C15H21N3O2.ClH/c1-16-14(19)12-6-4-11(5-7-12)9-18-15(20)13-3-2-8-17-10-13;/h4-7,13,17H,2-3,8-10H2,1H3,(H,16,19)(H,18,20);1H. The summed E-state index contributed by atoms with van der Waals surface area (Å²) in [7, 11) is 1.61. The molecule has 0 radical (unpaired) electrons. The molecule has 0 bridgehead atoms. The number of hydrogen-bond donors (Lipinski definition) is 3. The Morgan fingerprint density at radius 2 is 2.00 bits per heavy atom. The Labute approximate surface area is 131 Å². The van der Waals surface area contributed by atoms with Crippen molar-refractivity contribution in [3.05, 3.63) is 35.4 Å². The normalized spacial score (nSPS) is 17.5. The fraction of sp³-hybridized carbons (Fsp3) is 0.467. The Morgan fingerprint density at radius 1 is 1.29 bits per heavy atom. The monoisotopic (exact) mass is 311 g/mol. The van der Waals surface area contributed by atoms with Crippen molar-refractivity contribution in [3.8, 4) is 0 Å². The zero-order chi connectivity index (χ0) is 14.4. The largest absolute Gasteiger partial charge is 0.355 e. The summed E-state index contributed by atoms with van der Waals surface area (Å²) in [6.45, 7) is 2.27. The van der Waals surface area contributed by atoms with E-state index in [1.165, 1.54) is 0 Å². The van der Waals surface area contributed by atoms with Gasteiger partial charge in [-0.25, -0.2) is 0 Å². The summed E-state index contributed by atoms with van der Waals surface area (Å²) in [5.74, 6) is 0.0790. The van der Waals surface area contributed by atoms with Gasteiger partial charge in [0.1, 0.15) is 0 Å². The molecule has 0 aromatic heterocycles. The predicted octanol–water partition coefficient (Wildman–Crippen LogP) is 1.08. The molecule has 0 spiro atoms. The highest BCUT2D eigenvalue weighted by atomic mass is 35.5. The fourth-order valence-corrected chi connectivity index (χ4v) is 2.33. The second-order valence-corrected chi connectivity index (χ2v) is 5.04. The molecule has 0 aliphatic carbocycles. The van der Waals surface area contributed by atoms with Gasteiger partial charge >= 0.3 is 0 Å².